The number of benzene rings is 1. The third-order valence-corrected chi connectivity index (χ3v) is 5.27. The summed E-state index contributed by atoms with van der Waals surface area (Å²) < 4.78 is 10.6. The molecule has 2 amide bonds. The molecule has 1 unspecified atom stereocenters. The van der Waals surface area contributed by atoms with Gasteiger partial charge in [-0.25, -0.2) is 0 Å². The second-order valence-electron chi connectivity index (χ2n) is 6.89. The Balaban J connectivity index is 0.00000196. The summed E-state index contributed by atoms with van der Waals surface area (Å²) >= 11 is 0. The predicted octanol–water partition coefficient (Wildman–Crippen LogP) is 1.39. The number of nitrogens with zero attached hydrogens (tertiary/aromatic N) is 2. The number of hydrogen-bond donors (Lipinski definition) is 1. The minimum atomic E-state index is -0.368. The molecule has 2 fully saturated rings. The molecular weight excluding hydrogens is 358 g/mol. The standard InChI is InChI=1S/C18H23N3O4.ClH/c19-13-5-8-20(9-6-13)18(23)14-2-1-7-21(14)17(22)12-3-4-15-16(10-12)25-11-24-15;/h3-4,10,13-14H,1-2,5-9,11,19H2;1H. The smallest absolute Gasteiger partial charge is 0.254 e. The zero-order chi connectivity index (χ0) is 17.4. The van der Waals surface area contributed by atoms with Crippen LogP contribution in [0, 0.1) is 0 Å². The Morgan fingerprint density at radius 2 is 1.77 bits per heavy atom. The van der Waals surface area contributed by atoms with Crippen molar-refractivity contribution in [2.75, 3.05) is 26.4 Å². The third-order valence-electron chi connectivity index (χ3n) is 5.27. The molecule has 4 rings (SSSR count). The molecule has 0 bridgehead atoms. The minimum Gasteiger partial charge on any atom is -0.454 e. The number of rotatable bonds is 2. The summed E-state index contributed by atoms with van der Waals surface area (Å²) in [6.07, 6.45) is 3.22. The minimum absolute atomic E-state index is 0. The fourth-order valence-corrected chi connectivity index (χ4v) is 3.79. The van der Waals surface area contributed by atoms with Crippen LogP contribution >= 0.6 is 12.4 Å². The van der Waals surface area contributed by atoms with E-state index in [1.54, 1.807) is 23.1 Å². The van der Waals surface area contributed by atoms with Crippen molar-refractivity contribution in [3.05, 3.63) is 23.8 Å². The number of carbonyl (C=O) groups excluding carboxylic acids is 2. The van der Waals surface area contributed by atoms with Crippen molar-refractivity contribution >= 4 is 24.2 Å². The van der Waals surface area contributed by atoms with Crippen LogP contribution in [0.1, 0.15) is 36.0 Å². The van der Waals surface area contributed by atoms with Crippen molar-refractivity contribution in [3.63, 3.8) is 0 Å². The molecule has 1 aromatic rings. The van der Waals surface area contributed by atoms with Crippen LogP contribution in [0.15, 0.2) is 18.2 Å². The lowest BCUT2D eigenvalue weighted by Crippen LogP contribution is -2.51. The molecule has 1 aromatic carbocycles. The molecule has 0 aliphatic carbocycles. The maximum atomic E-state index is 12.9. The predicted molar refractivity (Wildman–Crippen MR) is 97.7 cm³/mol. The van der Waals surface area contributed by atoms with E-state index in [2.05, 4.69) is 0 Å². The van der Waals surface area contributed by atoms with Gasteiger partial charge < -0.3 is 25.0 Å². The summed E-state index contributed by atoms with van der Waals surface area (Å²) in [5.74, 6) is 1.16. The van der Waals surface area contributed by atoms with Crippen molar-refractivity contribution in [2.45, 2.75) is 37.8 Å². The van der Waals surface area contributed by atoms with Crippen LogP contribution in [0.25, 0.3) is 0 Å². The molecule has 26 heavy (non-hydrogen) atoms. The van der Waals surface area contributed by atoms with Gasteiger partial charge in [-0.2, -0.15) is 0 Å². The largest absolute Gasteiger partial charge is 0.454 e. The number of hydrogen-bond acceptors (Lipinski definition) is 5. The van der Waals surface area contributed by atoms with E-state index < -0.39 is 0 Å². The molecule has 7 nitrogen and oxygen atoms in total. The molecule has 2 N–H and O–H groups in total. The van der Waals surface area contributed by atoms with Crippen LogP contribution in [0.5, 0.6) is 11.5 Å². The molecule has 1 atom stereocenters. The van der Waals surface area contributed by atoms with E-state index >= 15 is 0 Å². The van der Waals surface area contributed by atoms with Crippen LogP contribution in [-0.4, -0.2) is 60.1 Å². The average Bonchev–Trinajstić information content (AvgIpc) is 3.29. The van der Waals surface area contributed by atoms with Gasteiger partial charge in [0.1, 0.15) is 6.04 Å². The molecule has 8 heteroatoms. The van der Waals surface area contributed by atoms with Gasteiger partial charge in [-0.1, -0.05) is 0 Å². The first-order chi connectivity index (χ1) is 12.1. The van der Waals surface area contributed by atoms with E-state index in [-0.39, 0.29) is 43.1 Å². The summed E-state index contributed by atoms with van der Waals surface area (Å²) in [5.41, 5.74) is 6.45. The van der Waals surface area contributed by atoms with Gasteiger partial charge in [0, 0.05) is 31.2 Å². The van der Waals surface area contributed by atoms with Crippen LogP contribution in [-0.2, 0) is 4.79 Å². The summed E-state index contributed by atoms with van der Waals surface area (Å²) in [5, 5.41) is 0. The van der Waals surface area contributed by atoms with Gasteiger partial charge >= 0.3 is 0 Å². The number of likely N-dealkylation sites (tertiary alicyclic amines) is 2. The lowest BCUT2D eigenvalue weighted by Gasteiger charge is -2.34. The Labute approximate surface area is 158 Å². The van der Waals surface area contributed by atoms with Gasteiger partial charge in [-0.15, -0.1) is 12.4 Å². The van der Waals surface area contributed by atoms with Crippen molar-refractivity contribution in [1.29, 1.82) is 0 Å². The summed E-state index contributed by atoms with van der Waals surface area (Å²) in [6.45, 7) is 2.15. The van der Waals surface area contributed by atoms with Crippen LogP contribution in [0.4, 0.5) is 0 Å². The lowest BCUT2D eigenvalue weighted by atomic mass is 10.0. The highest BCUT2D eigenvalue weighted by Crippen LogP contribution is 2.33. The molecule has 0 aromatic heterocycles. The first kappa shape index (κ1) is 18.8. The van der Waals surface area contributed by atoms with Gasteiger partial charge in [0.2, 0.25) is 12.7 Å². The second-order valence-corrected chi connectivity index (χ2v) is 6.89. The van der Waals surface area contributed by atoms with E-state index in [4.69, 9.17) is 15.2 Å². The third kappa shape index (κ3) is 3.46. The topological polar surface area (TPSA) is 85.1 Å². The van der Waals surface area contributed by atoms with Crippen LogP contribution in [0.2, 0.25) is 0 Å². The van der Waals surface area contributed by atoms with Crippen molar-refractivity contribution in [3.8, 4) is 11.5 Å². The van der Waals surface area contributed by atoms with E-state index in [9.17, 15) is 9.59 Å². The highest BCUT2D eigenvalue weighted by Gasteiger charge is 2.37. The summed E-state index contributed by atoms with van der Waals surface area (Å²) in [6, 6.07) is 4.99. The molecular formula is C18H24ClN3O4. The first-order valence-corrected chi connectivity index (χ1v) is 8.88. The average molecular weight is 382 g/mol. The fraction of sp³-hybridized carbons (Fsp3) is 0.556. The van der Waals surface area contributed by atoms with Crippen molar-refractivity contribution < 1.29 is 19.1 Å². The molecule has 142 valence electrons. The monoisotopic (exact) mass is 381 g/mol. The Kier molecular flexibility index (Phi) is 5.58. The molecule has 0 spiro atoms. The van der Waals surface area contributed by atoms with Gasteiger partial charge in [-0.05, 0) is 43.9 Å². The Bertz CT molecular complexity index is 691. The van der Waals surface area contributed by atoms with Crippen molar-refractivity contribution in [1.82, 2.24) is 9.80 Å². The zero-order valence-electron chi connectivity index (χ0n) is 14.6. The van der Waals surface area contributed by atoms with E-state index in [1.807, 2.05) is 4.90 Å². The van der Waals surface area contributed by atoms with Gasteiger partial charge in [0.15, 0.2) is 11.5 Å². The molecule has 0 radical (unpaired) electrons. The number of piperidine rings is 1. The van der Waals surface area contributed by atoms with Gasteiger partial charge in [-0.3, -0.25) is 9.59 Å². The number of amides is 2. The second kappa shape index (κ2) is 7.72. The molecule has 2 saturated heterocycles. The number of halogens is 1. The Morgan fingerprint density at radius 1 is 1.04 bits per heavy atom. The lowest BCUT2D eigenvalue weighted by molar-refractivity contribution is -0.136. The zero-order valence-corrected chi connectivity index (χ0v) is 15.4. The summed E-state index contributed by atoms with van der Waals surface area (Å²) in [4.78, 5) is 29.4. The fourth-order valence-electron chi connectivity index (χ4n) is 3.79. The highest BCUT2D eigenvalue weighted by atomic mass is 35.5. The van der Waals surface area contributed by atoms with E-state index in [0.717, 1.165) is 25.7 Å². The Morgan fingerprint density at radius 3 is 2.54 bits per heavy atom. The quantitative estimate of drug-likeness (QED) is 0.836. The number of carbonyl (C=O) groups is 2. The van der Waals surface area contributed by atoms with Gasteiger partial charge in [0.25, 0.3) is 5.91 Å². The molecule has 3 heterocycles. The normalized spacial score (nSPS) is 22.3. The first-order valence-electron chi connectivity index (χ1n) is 8.88. The SMILES string of the molecule is Cl.NC1CCN(C(=O)C2CCCN2C(=O)c2ccc3c(c2)OCO3)CC1. The number of fused-ring (bicyclic) bond motifs is 1. The molecule has 0 saturated carbocycles. The maximum Gasteiger partial charge on any atom is 0.254 e. The van der Waals surface area contributed by atoms with Crippen molar-refractivity contribution in [2.24, 2.45) is 5.73 Å². The van der Waals surface area contributed by atoms with E-state index in [1.165, 1.54) is 0 Å². The van der Waals surface area contributed by atoms with Crippen LogP contribution < -0.4 is 15.2 Å². The molecule has 3 aliphatic rings. The number of ether oxygens (including phenoxy) is 2. The highest BCUT2D eigenvalue weighted by molar-refractivity contribution is 5.98. The van der Waals surface area contributed by atoms with Crippen LogP contribution in [0.3, 0.4) is 0 Å². The van der Waals surface area contributed by atoms with Gasteiger partial charge in [0.05, 0.1) is 0 Å². The maximum absolute atomic E-state index is 12.9. The van der Waals surface area contributed by atoms with E-state index in [0.29, 0.717) is 36.7 Å². The molecule has 3 aliphatic heterocycles. The number of nitrogens with two attached hydrogens (primary N) is 1. The summed E-state index contributed by atoms with van der Waals surface area (Å²) in [7, 11) is 0. The Hall–Kier alpha value is -1.99.